The maximum Gasteiger partial charge on any atom is 0.331 e. The number of hydrogen-bond acceptors (Lipinski definition) is 3. The number of rotatable bonds is 2. The quantitative estimate of drug-likeness (QED) is 0.618. The first kappa shape index (κ1) is 12.9. The van der Waals surface area contributed by atoms with Gasteiger partial charge in [0.2, 0.25) is 0 Å². The third kappa shape index (κ3) is 5.07. The van der Waals surface area contributed by atoms with E-state index in [2.05, 4.69) is 20.9 Å². The number of hydrogen-bond donors (Lipinski definition) is 0. The number of pyridine rings is 1. The lowest BCUT2D eigenvalue weighted by Crippen LogP contribution is -2.22. The normalized spacial score (nSPS) is 11.8. The third-order valence-electron chi connectivity index (χ3n) is 1.55. The van der Waals surface area contributed by atoms with E-state index in [0.717, 1.165) is 4.47 Å². The van der Waals surface area contributed by atoms with E-state index in [4.69, 9.17) is 4.74 Å². The summed E-state index contributed by atoms with van der Waals surface area (Å²) in [6.07, 6.45) is 4.68. The second kappa shape index (κ2) is 5.25. The van der Waals surface area contributed by atoms with Gasteiger partial charge in [0, 0.05) is 16.7 Å². The van der Waals surface area contributed by atoms with Gasteiger partial charge in [-0.15, -0.1) is 0 Å². The predicted molar refractivity (Wildman–Crippen MR) is 66.8 cm³/mol. The highest BCUT2D eigenvalue weighted by molar-refractivity contribution is 9.10. The van der Waals surface area contributed by atoms with Crippen molar-refractivity contribution in [3.05, 3.63) is 34.6 Å². The molecular formula is C12H14BrNO2. The molecule has 1 heterocycles. The van der Waals surface area contributed by atoms with Crippen LogP contribution in [0.5, 0.6) is 0 Å². The monoisotopic (exact) mass is 283 g/mol. The summed E-state index contributed by atoms with van der Waals surface area (Å²) < 4.78 is 6.02. The van der Waals surface area contributed by atoms with Crippen molar-refractivity contribution in [3.63, 3.8) is 0 Å². The van der Waals surface area contributed by atoms with Gasteiger partial charge in [0.1, 0.15) is 5.60 Å². The Morgan fingerprint density at radius 3 is 2.62 bits per heavy atom. The molecule has 0 saturated carbocycles. The Morgan fingerprint density at radius 2 is 2.12 bits per heavy atom. The van der Waals surface area contributed by atoms with Gasteiger partial charge in [-0.2, -0.15) is 0 Å². The molecule has 0 bridgehead atoms. The summed E-state index contributed by atoms with van der Waals surface area (Å²) in [6, 6.07) is 3.67. The number of halogens is 1. The zero-order valence-electron chi connectivity index (χ0n) is 9.53. The van der Waals surface area contributed by atoms with Crippen molar-refractivity contribution in [3.8, 4) is 0 Å². The number of esters is 1. The van der Waals surface area contributed by atoms with Crippen LogP contribution in [-0.2, 0) is 9.53 Å². The Hall–Kier alpha value is -1.16. The highest BCUT2D eigenvalue weighted by Crippen LogP contribution is 2.10. The minimum atomic E-state index is -0.464. The molecule has 86 valence electrons. The highest BCUT2D eigenvalue weighted by atomic mass is 79.9. The summed E-state index contributed by atoms with van der Waals surface area (Å²) in [5.41, 5.74) is 0.253. The smallest absolute Gasteiger partial charge is 0.331 e. The molecule has 0 unspecified atom stereocenters. The average molecular weight is 284 g/mol. The van der Waals surface area contributed by atoms with Crippen molar-refractivity contribution in [2.24, 2.45) is 0 Å². The van der Waals surface area contributed by atoms with Crippen molar-refractivity contribution in [2.75, 3.05) is 0 Å². The zero-order valence-corrected chi connectivity index (χ0v) is 11.1. The van der Waals surface area contributed by atoms with Crippen molar-refractivity contribution in [2.45, 2.75) is 26.4 Å². The second-order valence-corrected chi connectivity index (χ2v) is 5.18. The van der Waals surface area contributed by atoms with Crippen LogP contribution < -0.4 is 0 Å². The van der Waals surface area contributed by atoms with Gasteiger partial charge in [-0.1, -0.05) is 0 Å². The van der Waals surface area contributed by atoms with Crippen LogP contribution >= 0.6 is 15.9 Å². The van der Waals surface area contributed by atoms with Gasteiger partial charge in [0.15, 0.2) is 0 Å². The molecule has 0 amide bonds. The van der Waals surface area contributed by atoms with Crippen molar-refractivity contribution in [1.82, 2.24) is 4.98 Å². The standard InChI is InChI=1S/C12H14BrNO2/c1-12(2,3)16-11(15)7-6-10-5-4-9(13)8-14-10/h4-8H,1-3H3. The Balaban J connectivity index is 2.60. The summed E-state index contributed by atoms with van der Waals surface area (Å²) in [4.78, 5) is 15.5. The minimum Gasteiger partial charge on any atom is -0.457 e. The fourth-order valence-electron chi connectivity index (χ4n) is 0.975. The molecule has 4 heteroatoms. The number of nitrogens with zero attached hydrogens (tertiary/aromatic N) is 1. The highest BCUT2D eigenvalue weighted by Gasteiger charge is 2.13. The summed E-state index contributed by atoms with van der Waals surface area (Å²) >= 11 is 3.29. The molecule has 0 aromatic carbocycles. The van der Waals surface area contributed by atoms with Gasteiger partial charge in [-0.3, -0.25) is 4.98 Å². The molecule has 0 aliphatic carbocycles. The summed E-state index contributed by atoms with van der Waals surface area (Å²) in [5.74, 6) is -0.364. The van der Waals surface area contributed by atoms with Crippen molar-refractivity contribution in [1.29, 1.82) is 0 Å². The van der Waals surface area contributed by atoms with E-state index < -0.39 is 5.60 Å². The SMILES string of the molecule is CC(C)(C)OC(=O)C=Cc1ccc(Br)cn1. The van der Waals surface area contributed by atoms with E-state index in [-0.39, 0.29) is 5.97 Å². The Bertz CT molecular complexity index is 390. The van der Waals surface area contributed by atoms with E-state index in [1.165, 1.54) is 6.08 Å². The van der Waals surface area contributed by atoms with Crippen LogP contribution in [0.2, 0.25) is 0 Å². The topological polar surface area (TPSA) is 39.2 Å². The van der Waals surface area contributed by atoms with E-state index in [1.54, 1.807) is 12.3 Å². The molecule has 0 atom stereocenters. The number of aromatic nitrogens is 1. The average Bonchev–Trinajstić information content (AvgIpc) is 2.14. The van der Waals surface area contributed by atoms with Crippen molar-refractivity contribution >= 4 is 28.0 Å². The number of ether oxygens (including phenoxy) is 1. The molecule has 16 heavy (non-hydrogen) atoms. The lowest BCUT2D eigenvalue weighted by atomic mass is 10.2. The van der Waals surface area contributed by atoms with Crippen LogP contribution in [0.4, 0.5) is 0 Å². The number of carbonyl (C=O) groups is 1. The van der Waals surface area contributed by atoms with E-state index in [1.807, 2.05) is 32.9 Å². The fraction of sp³-hybridized carbons (Fsp3) is 0.333. The molecule has 0 fully saturated rings. The third-order valence-corrected chi connectivity index (χ3v) is 2.02. The van der Waals surface area contributed by atoms with Gasteiger partial charge in [-0.05, 0) is 54.9 Å². The van der Waals surface area contributed by atoms with Crippen LogP contribution in [0.1, 0.15) is 26.5 Å². The number of carbonyl (C=O) groups excluding carboxylic acids is 1. The van der Waals surface area contributed by atoms with Crippen LogP contribution in [-0.4, -0.2) is 16.6 Å². The molecule has 1 rings (SSSR count). The van der Waals surface area contributed by atoms with E-state index in [9.17, 15) is 4.79 Å². The second-order valence-electron chi connectivity index (χ2n) is 4.27. The molecule has 0 N–H and O–H groups in total. The Kier molecular flexibility index (Phi) is 4.24. The van der Waals surface area contributed by atoms with E-state index >= 15 is 0 Å². The maximum absolute atomic E-state index is 11.4. The first-order chi connectivity index (χ1) is 7.37. The van der Waals surface area contributed by atoms with Gasteiger partial charge >= 0.3 is 5.97 Å². The molecule has 0 aliphatic heterocycles. The molecule has 1 aromatic rings. The van der Waals surface area contributed by atoms with Crippen molar-refractivity contribution < 1.29 is 9.53 Å². The predicted octanol–water partition coefficient (Wildman–Crippen LogP) is 3.20. The Morgan fingerprint density at radius 1 is 1.44 bits per heavy atom. The zero-order chi connectivity index (χ0) is 12.2. The largest absolute Gasteiger partial charge is 0.457 e. The lowest BCUT2D eigenvalue weighted by Gasteiger charge is -2.17. The molecule has 3 nitrogen and oxygen atoms in total. The minimum absolute atomic E-state index is 0.364. The van der Waals surface area contributed by atoms with Crippen LogP contribution in [0.25, 0.3) is 6.08 Å². The first-order valence-electron chi connectivity index (χ1n) is 4.89. The molecular weight excluding hydrogens is 270 g/mol. The summed E-state index contributed by atoms with van der Waals surface area (Å²) in [6.45, 7) is 5.49. The molecule has 0 aliphatic rings. The maximum atomic E-state index is 11.4. The molecule has 1 aromatic heterocycles. The van der Waals surface area contributed by atoms with Gasteiger partial charge in [0.25, 0.3) is 0 Å². The first-order valence-corrected chi connectivity index (χ1v) is 5.69. The van der Waals surface area contributed by atoms with Gasteiger partial charge in [-0.25, -0.2) is 4.79 Å². The van der Waals surface area contributed by atoms with Crippen LogP contribution in [0, 0.1) is 0 Å². The van der Waals surface area contributed by atoms with Gasteiger partial charge in [0.05, 0.1) is 5.69 Å². The van der Waals surface area contributed by atoms with Crippen LogP contribution in [0.3, 0.4) is 0 Å². The Labute approximate surface area is 104 Å². The van der Waals surface area contributed by atoms with Gasteiger partial charge < -0.3 is 4.74 Å². The lowest BCUT2D eigenvalue weighted by molar-refractivity contribution is -0.148. The fourth-order valence-corrected chi connectivity index (χ4v) is 1.21. The summed E-state index contributed by atoms with van der Waals surface area (Å²) in [5, 5.41) is 0. The molecule has 0 saturated heterocycles. The summed E-state index contributed by atoms with van der Waals surface area (Å²) in [7, 11) is 0. The van der Waals surface area contributed by atoms with E-state index in [0.29, 0.717) is 5.69 Å². The molecule has 0 spiro atoms. The molecule has 0 radical (unpaired) electrons. The van der Waals surface area contributed by atoms with Crippen LogP contribution in [0.15, 0.2) is 28.9 Å².